The smallest absolute Gasteiger partial charge is 0.411 e. The minimum atomic E-state index is -5.43. The van der Waals surface area contributed by atoms with E-state index < -0.39 is 35.6 Å². The maximum Gasteiger partial charge on any atom is 0.411 e. The Bertz CT molecular complexity index is 2180. The molecule has 1 fully saturated rings. The lowest BCUT2D eigenvalue weighted by atomic mass is 9.81. The maximum absolute atomic E-state index is 14.2. The van der Waals surface area contributed by atoms with E-state index in [9.17, 15) is 31.9 Å². The highest BCUT2D eigenvalue weighted by molar-refractivity contribution is 5.98. The number of alkyl halides is 4. The van der Waals surface area contributed by atoms with E-state index in [1.807, 2.05) is 36.2 Å². The third-order valence-corrected chi connectivity index (χ3v) is 10.2. The number of benzene rings is 3. The zero-order chi connectivity index (χ0) is 39.7. The van der Waals surface area contributed by atoms with Gasteiger partial charge < -0.3 is 31.4 Å². The normalized spacial score (nSPS) is 17.0. The molecule has 2 amide bonds. The lowest BCUT2D eigenvalue weighted by Crippen LogP contribution is -2.48. The fourth-order valence-electron chi connectivity index (χ4n) is 6.74. The first kappa shape index (κ1) is 39.1. The van der Waals surface area contributed by atoms with E-state index >= 15 is 0 Å². The molecular formula is C39H42F4N8O4. The van der Waals surface area contributed by atoms with Crippen LogP contribution in [0.1, 0.15) is 68.2 Å². The number of hydrogen-bond donors (Lipinski definition) is 6. The number of carboxylic acid groups (broad SMARTS) is 1. The molecule has 2 heterocycles. The molecular weight excluding hydrogens is 720 g/mol. The van der Waals surface area contributed by atoms with Crippen LogP contribution in [-0.2, 0) is 26.7 Å². The minimum Gasteiger partial charge on any atom is -0.477 e. The van der Waals surface area contributed by atoms with Crippen molar-refractivity contribution in [3.8, 4) is 22.5 Å². The molecule has 6 rings (SSSR count). The minimum absolute atomic E-state index is 0.145. The molecule has 0 aliphatic heterocycles. The number of aliphatic carboxylic acids is 1. The number of amides is 2. The summed E-state index contributed by atoms with van der Waals surface area (Å²) in [6, 6.07) is 16.6. The molecule has 12 nitrogen and oxygen atoms in total. The van der Waals surface area contributed by atoms with Crippen LogP contribution in [0.2, 0.25) is 0 Å². The number of nitrogens with one attached hydrogen (secondary N) is 4. The number of imidazole rings is 1. The number of nitrogens with two attached hydrogens (primary N) is 1. The fraction of sp³-hybridized carbons (Fsp3) is 0.385. The summed E-state index contributed by atoms with van der Waals surface area (Å²) in [5.74, 6) is -15.0. The first-order valence-corrected chi connectivity index (χ1v) is 18.0. The summed E-state index contributed by atoms with van der Waals surface area (Å²) in [7, 11) is 0. The van der Waals surface area contributed by atoms with Crippen LogP contribution in [0.4, 0.5) is 23.2 Å². The summed E-state index contributed by atoms with van der Waals surface area (Å²) in [4.78, 5) is 48.1. The highest BCUT2D eigenvalue weighted by atomic mass is 19.3. The zero-order valence-corrected chi connectivity index (χ0v) is 30.4. The van der Waals surface area contributed by atoms with Crippen LogP contribution in [0.15, 0.2) is 60.7 Å². The van der Waals surface area contributed by atoms with E-state index in [2.05, 4.69) is 51.8 Å². The molecule has 0 saturated heterocycles. The van der Waals surface area contributed by atoms with Crippen molar-refractivity contribution in [1.29, 1.82) is 0 Å². The van der Waals surface area contributed by atoms with Crippen molar-refractivity contribution < 1.29 is 37.1 Å². The fourth-order valence-corrected chi connectivity index (χ4v) is 6.74. The molecule has 1 aliphatic carbocycles. The SMILES string of the molecule is Cc1cc2[nH]c(C(C)C)nc2cc1-c1ccc(C[C@H](NC(=O)C2CCC(CN)CC2)C(=O)Nc2ccc(-c3nnc(C(F)(F)C(F)(F)C(=O)O)[nH]3)cc2)cc1. The standard InChI is InChI=1S/C39H42F4N8O4/c1-20(2)32-46-29-16-21(3)28(18-30(29)47-32)24-8-4-22(5-9-24)17-31(48-34(52)26-10-6-23(19-44)7-11-26)35(53)45-27-14-12-25(13-15-27)33-49-36(51-50-33)38(40,41)39(42,43)37(54)55/h4-5,8-9,12-16,18,20,23,26,31H,6-7,10-11,17,19,44H2,1-3H3,(H,45,53)(H,46,47)(H,48,52)(H,54,55)(H,49,50,51)/t23?,26?,31-/m0/s1. The number of hydrogen-bond acceptors (Lipinski definition) is 7. The Labute approximate surface area is 313 Å². The van der Waals surface area contributed by atoms with Gasteiger partial charge in [0.25, 0.3) is 0 Å². The number of fused-ring (bicyclic) bond motifs is 1. The number of carboxylic acids is 1. The Morgan fingerprint density at radius 1 is 0.927 bits per heavy atom. The summed E-state index contributed by atoms with van der Waals surface area (Å²) < 4.78 is 55.8. The molecule has 290 valence electrons. The first-order valence-electron chi connectivity index (χ1n) is 18.0. The quantitative estimate of drug-likeness (QED) is 0.0715. The summed E-state index contributed by atoms with van der Waals surface area (Å²) in [6.45, 7) is 6.75. The molecule has 0 unspecified atom stereocenters. The molecule has 0 spiro atoms. The second-order valence-electron chi connectivity index (χ2n) is 14.4. The van der Waals surface area contributed by atoms with Crippen molar-refractivity contribution in [1.82, 2.24) is 30.5 Å². The summed E-state index contributed by atoms with van der Waals surface area (Å²) >= 11 is 0. The monoisotopic (exact) mass is 762 g/mol. The van der Waals surface area contributed by atoms with E-state index in [0.717, 1.165) is 52.0 Å². The van der Waals surface area contributed by atoms with Gasteiger partial charge >= 0.3 is 17.8 Å². The Kier molecular flexibility index (Phi) is 11.1. The molecule has 1 aliphatic rings. The molecule has 2 aromatic heterocycles. The number of carbonyl (C=O) groups is 3. The number of anilines is 1. The second-order valence-corrected chi connectivity index (χ2v) is 14.4. The van der Waals surface area contributed by atoms with Gasteiger partial charge in [-0.05, 0) is 104 Å². The van der Waals surface area contributed by atoms with Gasteiger partial charge in [-0.3, -0.25) is 9.59 Å². The lowest BCUT2D eigenvalue weighted by molar-refractivity contribution is -0.231. The van der Waals surface area contributed by atoms with Crippen molar-refractivity contribution >= 4 is 34.5 Å². The lowest BCUT2D eigenvalue weighted by Gasteiger charge is -2.28. The van der Waals surface area contributed by atoms with Crippen LogP contribution in [0.3, 0.4) is 0 Å². The average molecular weight is 763 g/mol. The number of aromatic amines is 2. The second kappa shape index (κ2) is 15.6. The number of nitrogens with zero attached hydrogens (tertiary/aromatic N) is 3. The van der Waals surface area contributed by atoms with Gasteiger partial charge in [-0.25, -0.2) is 9.78 Å². The summed E-state index contributed by atoms with van der Waals surface area (Å²) in [5, 5.41) is 20.8. The van der Waals surface area contributed by atoms with Crippen LogP contribution in [0.25, 0.3) is 33.5 Å². The van der Waals surface area contributed by atoms with Crippen molar-refractivity contribution in [2.45, 2.75) is 76.7 Å². The topological polar surface area (TPSA) is 192 Å². The van der Waals surface area contributed by atoms with Gasteiger partial charge in [-0.2, -0.15) is 17.6 Å². The maximum atomic E-state index is 14.2. The highest BCUT2D eigenvalue weighted by Gasteiger charge is 2.65. The van der Waals surface area contributed by atoms with Gasteiger partial charge in [-0.1, -0.05) is 38.1 Å². The number of aromatic nitrogens is 5. The zero-order valence-electron chi connectivity index (χ0n) is 30.4. The van der Waals surface area contributed by atoms with Crippen LogP contribution in [0.5, 0.6) is 0 Å². The summed E-state index contributed by atoms with van der Waals surface area (Å²) in [6.07, 6.45) is 3.17. The summed E-state index contributed by atoms with van der Waals surface area (Å²) in [5.41, 5.74) is 12.0. The molecule has 1 atom stereocenters. The van der Waals surface area contributed by atoms with E-state index in [-0.39, 0.29) is 35.6 Å². The van der Waals surface area contributed by atoms with Gasteiger partial charge in [0.1, 0.15) is 11.9 Å². The van der Waals surface area contributed by atoms with Gasteiger partial charge in [-0.15, -0.1) is 10.2 Å². The molecule has 3 aromatic carbocycles. The van der Waals surface area contributed by atoms with E-state index in [0.29, 0.717) is 31.0 Å². The van der Waals surface area contributed by atoms with E-state index in [4.69, 9.17) is 15.8 Å². The predicted molar refractivity (Wildman–Crippen MR) is 197 cm³/mol. The first-order chi connectivity index (χ1) is 26.1. The average Bonchev–Trinajstić information content (AvgIpc) is 3.83. The van der Waals surface area contributed by atoms with Crippen molar-refractivity contribution in [3.05, 3.63) is 83.4 Å². The van der Waals surface area contributed by atoms with Crippen LogP contribution >= 0.6 is 0 Å². The van der Waals surface area contributed by atoms with E-state index in [1.165, 1.54) is 24.3 Å². The molecule has 0 radical (unpaired) electrons. The van der Waals surface area contributed by atoms with Gasteiger partial charge in [0.2, 0.25) is 17.6 Å². The number of halogens is 4. The van der Waals surface area contributed by atoms with Gasteiger partial charge in [0, 0.05) is 29.5 Å². The Morgan fingerprint density at radius 3 is 2.20 bits per heavy atom. The third kappa shape index (κ3) is 8.23. The van der Waals surface area contributed by atoms with Gasteiger partial charge in [0.05, 0.1) is 11.0 Å². The predicted octanol–water partition coefficient (Wildman–Crippen LogP) is 6.69. The van der Waals surface area contributed by atoms with Gasteiger partial charge in [0.15, 0.2) is 5.82 Å². The highest BCUT2D eigenvalue weighted by Crippen LogP contribution is 2.42. The van der Waals surface area contributed by atoms with Crippen LogP contribution in [0, 0.1) is 18.8 Å². The molecule has 7 N–H and O–H groups in total. The molecule has 1 saturated carbocycles. The van der Waals surface area contributed by atoms with Crippen LogP contribution < -0.4 is 16.4 Å². The number of carbonyl (C=O) groups excluding carboxylic acids is 2. The molecule has 16 heteroatoms. The number of rotatable bonds is 13. The Morgan fingerprint density at radius 2 is 1.58 bits per heavy atom. The Balaban J connectivity index is 1.19. The number of H-pyrrole nitrogens is 2. The van der Waals surface area contributed by atoms with E-state index in [1.54, 1.807) is 0 Å². The van der Waals surface area contributed by atoms with Crippen molar-refractivity contribution in [2.75, 3.05) is 11.9 Å². The van der Waals surface area contributed by atoms with Crippen molar-refractivity contribution in [2.24, 2.45) is 17.6 Å². The molecule has 55 heavy (non-hydrogen) atoms. The molecule has 0 bridgehead atoms. The number of aryl methyl sites for hydroxylation is 1. The Hall–Kier alpha value is -5.64. The molecule has 5 aromatic rings. The van der Waals surface area contributed by atoms with Crippen molar-refractivity contribution in [3.63, 3.8) is 0 Å². The van der Waals surface area contributed by atoms with Crippen LogP contribution in [-0.4, -0.2) is 66.5 Å². The third-order valence-electron chi connectivity index (χ3n) is 10.2. The largest absolute Gasteiger partial charge is 0.477 e.